The Bertz CT molecular complexity index is 279. The average Bonchev–Trinajstić information content (AvgIpc) is 2.16. The zero-order valence-corrected chi connectivity index (χ0v) is 11.3. The third-order valence-corrected chi connectivity index (χ3v) is 2.52. The first kappa shape index (κ1) is 14.2. The second-order valence-electron chi connectivity index (χ2n) is 3.32. The Kier molecular flexibility index (Phi) is 7.11. The maximum atomic E-state index is 10.7. The Labute approximate surface area is 98.8 Å². The van der Waals surface area contributed by atoms with E-state index in [9.17, 15) is 4.79 Å². The molecule has 0 aromatic rings. The van der Waals surface area contributed by atoms with E-state index in [1.165, 1.54) is 6.21 Å². The molecule has 0 spiro atoms. The van der Waals surface area contributed by atoms with Crippen LogP contribution in [0.5, 0.6) is 0 Å². The van der Waals surface area contributed by atoms with E-state index < -0.39 is 10.2 Å². The van der Waals surface area contributed by atoms with E-state index in [0.29, 0.717) is 13.0 Å². The molecule has 3 N–H and O–H groups in total. The topological polar surface area (TPSA) is 73.2 Å². The normalized spacial score (nSPS) is 13.5. The number of hydrogen-bond acceptors (Lipinski definition) is 3. The first-order valence-corrected chi connectivity index (χ1v) is 5.94. The van der Waals surface area contributed by atoms with Gasteiger partial charge in [0, 0.05) is 0 Å². The summed E-state index contributed by atoms with van der Waals surface area (Å²) in [4.78, 5) is 10.7. The minimum atomic E-state index is -0.893. The van der Waals surface area contributed by atoms with Crippen molar-refractivity contribution in [2.45, 2.75) is 24.0 Å². The summed E-state index contributed by atoms with van der Waals surface area (Å²) in [6.07, 6.45) is 2.88. The van der Waals surface area contributed by atoms with Gasteiger partial charge in [-0.15, -0.1) is 0 Å². The Hall–Kier alpha value is -0.782. The summed E-state index contributed by atoms with van der Waals surface area (Å²) in [6.45, 7) is 3.01. The maximum absolute atomic E-state index is 10.7. The van der Waals surface area contributed by atoms with Gasteiger partial charge in [0.15, 0.2) is 0 Å². The molecule has 84 valence electrons. The molecule has 0 saturated carbocycles. The summed E-state index contributed by atoms with van der Waals surface area (Å²) in [5.41, 5.74) is 0. The molecule has 0 aliphatic heterocycles. The standard InChI is InChI=1S/C10H17AsN2O2/c1-10(11,9(14)15)5-3-2-4-7-13-8-6-12/h6,12-13H,2,4,7-8,11H2,1H3,(H,14,15). The van der Waals surface area contributed by atoms with Gasteiger partial charge in [-0.25, -0.2) is 0 Å². The monoisotopic (exact) mass is 272 g/mol. The third-order valence-electron chi connectivity index (χ3n) is 1.69. The van der Waals surface area contributed by atoms with Gasteiger partial charge in [-0.05, 0) is 0 Å². The summed E-state index contributed by atoms with van der Waals surface area (Å²) in [6, 6.07) is 0. The molecular weight excluding hydrogens is 255 g/mol. The van der Waals surface area contributed by atoms with Gasteiger partial charge in [0.1, 0.15) is 0 Å². The molecule has 0 aromatic heterocycles. The van der Waals surface area contributed by atoms with Crippen LogP contribution in [0.2, 0.25) is 4.20 Å². The first-order valence-electron chi connectivity index (χ1n) is 4.72. The van der Waals surface area contributed by atoms with Crippen molar-refractivity contribution < 1.29 is 9.90 Å². The van der Waals surface area contributed by atoms with Crippen LogP contribution in [-0.2, 0) is 4.79 Å². The predicted molar refractivity (Wildman–Crippen MR) is 63.2 cm³/mol. The number of carboxylic acids is 1. The molecule has 0 aliphatic carbocycles. The zero-order valence-electron chi connectivity index (χ0n) is 8.84. The fourth-order valence-corrected chi connectivity index (χ4v) is 0.990. The van der Waals surface area contributed by atoms with Crippen LogP contribution >= 0.6 is 0 Å². The van der Waals surface area contributed by atoms with Crippen molar-refractivity contribution >= 4 is 29.0 Å². The molecule has 0 aliphatic rings. The van der Waals surface area contributed by atoms with E-state index in [4.69, 9.17) is 10.5 Å². The van der Waals surface area contributed by atoms with E-state index in [-0.39, 0.29) is 0 Å². The summed E-state index contributed by atoms with van der Waals surface area (Å²) < 4.78 is -0.893. The quantitative estimate of drug-likeness (QED) is 0.274. The van der Waals surface area contributed by atoms with Crippen molar-refractivity contribution in [3.8, 4) is 11.8 Å². The van der Waals surface area contributed by atoms with Crippen molar-refractivity contribution in [3.05, 3.63) is 0 Å². The molecule has 0 radical (unpaired) electrons. The van der Waals surface area contributed by atoms with Gasteiger partial charge < -0.3 is 0 Å². The van der Waals surface area contributed by atoms with E-state index in [0.717, 1.165) is 29.8 Å². The molecule has 0 rings (SSSR count). The number of nitrogens with one attached hydrogen (secondary N) is 2. The zero-order chi connectivity index (χ0) is 11.7. The van der Waals surface area contributed by atoms with Gasteiger partial charge in [0.25, 0.3) is 0 Å². The van der Waals surface area contributed by atoms with Gasteiger partial charge in [0.2, 0.25) is 0 Å². The number of aliphatic carboxylic acids is 1. The molecule has 0 heterocycles. The second-order valence-corrected chi connectivity index (χ2v) is 5.74. The Morgan fingerprint density at radius 2 is 2.40 bits per heavy atom. The second kappa shape index (κ2) is 7.50. The van der Waals surface area contributed by atoms with E-state index >= 15 is 0 Å². The van der Waals surface area contributed by atoms with Crippen molar-refractivity contribution in [3.63, 3.8) is 0 Å². The van der Waals surface area contributed by atoms with Crippen LogP contribution < -0.4 is 5.32 Å². The third kappa shape index (κ3) is 7.18. The van der Waals surface area contributed by atoms with Gasteiger partial charge in [0.05, 0.1) is 0 Å². The summed E-state index contributed by atoms with van der Waals surface area (Å²) in [5.74, 6) is 4.76. The first-order chi connectivity index (χ1) is 7.00. The number of unbranched alkanes of at least 4 members (excludes halogenated alkanes) is 1. The van der Waals surface area contributed by atoms with Crippen LogP contribution in [0.3, 0.4) is 0 Å². The predicted octanol–water partition coefficient (Wildman–Crippen LogP) is -0.0945. The van der Waals surface area contributed by atoms with Gasteiger partial charge in [-0.1, -0.05) is 0 Å². The van der Waals surface area contributed by atoms with E-state index in [2.05, 4.69) is 17.2 Å². The minimum absolute atomic E-state index is 0.581. The molecule has 0 fully saturated rings. The van der Waals surface area contributed by atoms with Crippen LogP contribution in [0.25, 0.3) is 0 Å². The van der Waals surface area contributed by atoms with Crippen molar-refractivity contribution in [2.75, 3.05) is 13.1 Å². The Balaban J connectivity index is 3.71. The molecule has 0 amide bonds. The van der Waals surface area contributed by atoms with Crippen LogP contribution in [-0.4, -0.2) is 47.2 Å². The molecule has 5 heteroatoms. The average molecular weight is 272 g/mol. The molecule has 0 aromatic carbocycles. The van der Waals surface area contributed by atoms with E-state index in [1.54, 1.807) is 6.92 Å². The van der Waals surface area contributed by atoms with Crippen LogP contribution in [0.15, 0.2) is 0 Å². The number of carbonyl (C=O) groups is 1. The van der Waals surface area contributed by atoms with Gasteiger partial charge in [-0.3, -0.25) is 0 Å². The van der Waals surface area contributed by atoms with Crippen molar-refractivity contribution in [1.29, 1.82) is 5.41 Å². The van der Waals surface area contributed by atoms with Crippen LogP contribution in [0.1, 0.15) is 19.8 Å². The molecule has 2 unspecified atom stereocenters. The summed E-state index contributed by atoms with van der Waals surface area (Å²) in [7, 11) is 0. The van der Waals surface area contributed by atoms with Crippen molar-refractivity contribution in [2.24, 2.45) is 0 Å². The Morgan fingerprint density at radius 3 is 2.93 bits per heavy atom. The van der Waals surface area contributed by atoms with E-state index in [1.807, 2.05) is 0 Å². The molecule has 15 heavy (non-hydrogen) atoms. The molecule has 4 nitrogen and oxygen atoms in total. The SMILES string of the molecule is CC([AsH2])(C#CCCCNCC=N)C(=O)O. The molecule has 0 bridgehead atoms. The van der Waals surface area contributed by atoms with Gasteiger partial charge >= 0.3 is 98.6 Å². The number of carboxylic acid groups (broad SMARTS) is 1. The fraction of sp³-hybridized carbons (Fsp3) is 0.600. The number of rotatable bonds is 6. The molecular formula is C10H17AsN2O2. The van der Waals surface area contributed by atoms with Gasteiger partial charge in [-0.2, -0.15) is 0 Å². The fourth-order valence-electron chi connectivity index (χ4n) is 0.776. The molecule has 2 atom stereocenters. The molecule has 0 saturated heterocycles. The Morgan fingerprint density at radius 1 is 1.73 bits per heavy atom. The summed E-state index contributed by atoms with van der Waals surface area (Å²) in [5, 5.41) is 18.6. The summed E-state index contributed by atoms with van der Waals surface area (Å²) >= 11 is 1.12. The van der Waals surface area contributed by atoms with Crippen LogP contribution in [0.4, 0.5) is 0 Å². The number of hydrogen-bond donors (Lipinski definition) is 3. The van der Waals surface area contributed by atoms with Crippen molar-refractivity contribution in [1.82, 2.24) is 5.32 Å². The van der Waals surface area contributed by atoms with Crippen LogP contribution in [0, 0.1) is 17.3 Å².